The lowest BCUT2D eigenvalue weighted by molar-refractivity contribution is 0.203. The molecule has 1 aliphatic heterocycles. The molecular formula is C14H19N3O. The second kappa shape index (κ2) is 6.39. The van der Waals surface area contributed by atoms with Crippen LogP contribution in [0.1, 0.15) is 18.5 Å². The minimum absolute atomic E-state index is 0.213. The van der Waals surface area contributed by atoms with Crippen molar-refractivity contribution in [1.29, 1.82) is 5.26 Å². The first kappa shape index (κ1) is 12.9. The van der Waals surface area contributed by atoms with E-state index in [4.69, 9.17) is 4.74 Å². The van der Waals surface area contributed by atoms with Gasteiger partial charge >= 0.3 is 0 Å². The number of nitrogens with one attached hydrogen (secondary N) is 1. The Morgan fingerprint density at radius 2 is 2.11 bits per heavy atom. The lowest BCUT2D eigenvalue weighted by Gasteiger charge is -2.31. The van der Waals surface area contributed by atoms with Gasteiger partial charge in [0.1, 0.15) is 11.8 Å². The molecule has 1 heterocycles. The van der Waals surface area contributed by atoms with E-state index in [1.54, 1.807) is 0 Å². The highest BCUT2D eigenvalue weighted by molar-refractivity contribution is 5.38. The van der Waals surface area contributed by atoms with Crippen molar-refractivity contribution in [2.75, 3.05) is 32.8 Å². The van der Waals surface area contributed by atoms with Crippen molar-refractivity contribution in [2.24, 2.45) is 0 Å². The van der Waals surface area contributed by atoms with Crippen molar-refractivity contribution in [3.05, 3.63) is 29.8 Å². The van der Waals surface area contributed by atoms with Gasteiger partial charge in [0, 0.05) is 31.7 Å². The Kier molecular flexibility index (Phi) is 4.57. The highest BCUT2D eigenvalue weighted by Crippen LogP contribution is 2.29. The van der Waals surface area contributed by atoms with E-state index < -0.39 is 0 Å². The van der Waals surface area contributed by atoms with Gasteiger partial charge in [-0.1, -0.05) is 18.2 Å². The summed E-state index contributed by atoms with van der Waals surface area (Å²) >= 11 is 0. The van der Waals surface area contributed by atoms with Gasteiger partial charge in [-0.3, -0.25) is 4.90 Å². The molecule has 1 atom stereocenters. The van der Waals surface area contributed by atoms with Crippen molar-refractivity contribution >= 4 is 0 Å². The van der Waals surface area contributed by atoms with Crippen molar-refractivity contribution in [1.82, 2.24) is 10.2 Å². The molecule has 4 nitrogen and oxygen atoms in total. The molecule has 0 spiro atoms. The first-order valence-corrected chi connectivity index (χ1v) is 6.43. The van der Waals surface area contributed by atoms with Gasteiger partial charge in [0.2, 0.25) is 0 Å². The van der Waals surface area contributed by atoms with E-state index >= 15 is 0 Å². The number of rotatable bonds is 4. The Hall–Kier alpha value is -1.57. The third-order valence-corrected chi connectivity index (χ3v) is 3.15. The Morgan fingerprint density at radius 3 is 2.78 bits per heavy atom. The molecule has 1 N–H and O–H groups in total. The molecule has 2 rings (SSSR count). The molecule has 1 fully saturated rings. The predicted molar refractivity (Wildman–Crippen MR) is 70.4 cm³/mol. The highest BCUT2D eigenvalue weighted by atomic mass is 16.5. The van der Waals surface area contributed by atoms with Crippen LogP contribution >= 0.6 is 0 Å². The summed E-state index contributed by atoms with van der Waals surface area (Å²) in [7, 11) is 0. The van der Waals surface area contributed by atoms with Gasteiger partial charge in [-0.2, -0.15) is 5.26 Å². The zero-order chi connectivity index (χ0) is 12.8. The van der Waals surface area contributed by atoms with Crippen molar-refractivity contribution < 1.29 is 4.74 Å². The SMILES string of the molecule is CCOc1ccccc1C(C#N)N1CCNCC1. The average molecular weight is 245 g/mol. The molecule has 0 aromatic heterocycles. The first-order chi connectivity index (χ1) is 8.86. The van der Waals surface area contributed by atoms with E-state index in [1.807, 2.05) is 31.2 Å². The molecular weight excluding hydrogens is 226 g/mol. The maximum absolute atomic E-state index is 9.46. The third-order valence-electron chi connectivity index (χ3n) is 3.15. The maximum atomic E-state index is 9.46. The molecule has 1 saturated heterocycles. The van der Waals surface area contributed by atoms with Crippen LogP contribution in [0.3, 0.4) is 0 Å². The van der Waals surface area contributed by atoms with Crippen LogP contribution in [0.5, 0.6) is 5.75 Å². The minimum atomic E-state index is -0.213. The number of para-hydroxylation sites is 1. The summed E-state index contributed by atoms with van der Waals surface area (Å²) in [6.07, 6.45) is 0. The molecule has 0 saturated carbocycles. The van der Waals surface area contributed by atoms with Crippen LogP contribution in [0.2, 0.25) is 0 Å². The van der Waals surface area contributed by atoms with Crippen LogP contribution in [0, 0.1) is 11.3 Å². The Bertz CT molecular complexity index is 421. The van der Waals surface area contributed by atoms with Gasteiger partial charge in [0.05, 0.1) is 12.7 Å². The van der Waals surface area contributed by atoms with Gasteiger partial charge in [-0.05, 0) is 13.0 Å². The molecule has 0 amide bonds. The van der Waals surface area contributed by atoms with Gasteiger partial charge in [-0.25, -0.2) is 0 Å². The predicted octanol–water partition coefficient (Wildman–Crippen LogP) is 1.56. The van der Waals surface area contributed by atoms with E-state index in [0.717, 1.165) is 37.5 Å². The Morgan fingerprint density at radius 1 is 1.39 bits per heavy atom. The first-order valence-electron chi connectivity index (χ1n) is 6.43. The average Bonchev–Trinajstić information content (AvgIpc) is 2.43. The normalized spacial score (nSPS) is 18.0. The summed E-state index contributed by atoms with van der Waals surface area (Å²) in [5, 5.41) is 12.8. The van der Waals surface area contributed by atoms with Crippen molar-refractivity contribution in [3.63, 3.8) is 0 Å². The fourth-order valence-electron chi connectivity index (χ4n) is 2.28. The molecule has 1 unspecified atom stereocenters. The van der Waals surface area contributed by atoms with E-state index in [2.05, 4.69) is 16.3 Å². The Balaban J connectivity index is 2.23. The fraction of sp³-hybridized carbons (Fsp3) is 0.500. The van der Waals surface area contributed by atoms with E-state index in [0.29, 0.717) is 6.61 Å². The van der Waals surface area contributed by atoms with Crippen molar-refractivity contribution in [2.45, 2.75) is 13.0 Å². The second-order valence-electron chi connectivity index (χ2n) is 4.29. The summed E-state index contributed by atoms with van der Waals surface area (Å²) in [5.74, 6) is 0.824. The van der Waals surface area contributed by atoms with Crippen LogP contribution < -0.4 is 10.1 Å². The van der Waals surface area contributed by atoms with Crippen LogP contribution in [0.15, 0.2) is 24.3 Å². The number of piperazine rings is 1. The van der Waals surface area contributed by atoms with E-state index in [9.17, 15) is 5.26 Å². The van der Waals surface area contributed by atoms with E-state index in [1.165, 1.54) is 0 Å². The quantitative estimate of drug-likeness (QED) is 0.874. The minimum Gasteiger partial charge on any atom is -0.493 e. The lowest BCUT2D eigenvalue weighted by atomic mass is 10.0. The second-order valence-corrected chi connectivity index (χ2v) is 4.29. The number of ether oxygens (including phenoxy) is 1. The Labute approximate surface area is 108 Å². The third kappa shape index (κ3) is 2.81. The van der Waals surface area contributed by atoms with Gasteiger partial charge in [-0.15, -0.1) is 0 Å². The molecule has 1 aromatic carbocycles. The summed E-state index contributed by atoms with van der Waals surface area (Å²) in [5.41, 5.74) is 0.976. The summed E-state index contributed by atoms with van der Waals surface area (Å²) in [6, 6.07) is 10.0. The van der Waals surface area contributed by atoms with Crippen LogP contribution in [0.4, 0.5) is 0 Å². The number of nitriles is 1. The standard InChI is InChI=1S/C14H19N3O/c1-2-18-14-6-4-3-5-12(14)13(11-15)17-9-7-16-8-10-17/h3-6,13,16H,2,7-10H2,1H3. The van der Waals surface area contributed by atoms with Gasteiger partial charge in [0.25, 0.3) is 0 Å². The topological polar surface area (TPSA) is 48.3 Å². The zero-order valence-electron chi connectivity index (χ0n) is 10.7. The molecule has 1 aromatic rings. The summed E-state index contributed by atoms with van der Waals surface area (Å²) in [6.45, 7) is 6.26. The molecule has 0 aliphatic carbocycles. The molecule has 4 heteroatoms. The molecule has 0 bridgehead atoms. The van der Waals surface area contributed by atoms with Crippen LogP contribution in [-0.2, 0) is 0 Å². The van der Waals surface area contributed by atoms with Gasteiger partial charge < -0.3 is 10.1 Å². The molecule has 0 radical (unpaired) electrons. The number of hydrogen-bond donors (Lipinski definition) is 1. The van der Waals surface area contributed by atoms with Crippen LogP contribution in [0.25, 0.3) is 0 Å². The van der Waals surface area contributed by atoms with Gasteiger partial charge in [0.15, 0.2) is 0 Å². The van der Waals surface area contributed by atoms with Crippen LogP contribution in [-0.4, -0.2) is 37.7 Å². The highest BCUT2D eigenvalue weighted by Gasteiger charge is 2.24. The van der Waals surface area contributed by atoms with E-state index in [-0.39, 0.29) is 6.04 Å². The zero-order valence-corrected chi connectivity index (χ0v) is 10.7. The smallest absolute Gasteiger partial charge is 0.127 e. The fourth-order valence-corrected chi connectivity index (χ4v) is 2.28. The lowest BCUT2D eigenvalue weighted by Crippen LogP contribution is -2.44. The maximum Gasteiger partial charge on any atom is 0.127 e. The number of nitrogens with zero attached hydrogens (tertiary/aromatic N) is 2. The number of hydrogen-bond acceptors (Lipinski definition) is 4. The largest absolute Gasteiger partial charge is 0.493 e. The van der Waals surface area contributed by atoms with Crippen molar-refractivity contribution in [3.8, 4) is 11.8 Å². The summed E-state index contributed by atoms with van der Waals surface area (Å²) in [4.78, 5) is 2.20. The monoisotopic (exact) mass is 245 g/mol. The molecule has 1 aliphatic rings. The summed E-state index contributed by atoms with van der Waals surface area (Å²) < 4.78 is 5.62. The molecule has 96 valence electrons. The number of benzene rings is 1. The molecule has 18 heavy (non-hydrogen) atoms.